The van der Waals surface area contributed by atoms with Crippen LogP contribution >= 0.6 is 0 Å². The molecule has 27 heavy (non-hydrogen) atoms. The molecular formula is C18H24N4O4S. The Morgan fingerprint density at radius 2 is 2.07 bits per heavy atom. The number of amides is 1. The van der Waals surface area contributed by atoms with Crippen molar-refractivity contribution in [3.63, 3.8) is 0 Å². The molecule has 0 saturated carbocycles. The van der Waals surface area contributed by atoms with Crippen molar-refractivity contribution in [3.05, 3.63) is 30.0 Å². The van der Waals surface area contributed by atoms with Crippen LogP contribution in [0.25, 0.3) is 10.9 Å². The fourth-order valence-corrected chi connectivity index (χ4v) is 5.45. The van der Waals surface area contributed by atoms with Gasteiger partial charge in [-0.15, -0.1) is 0 Å². The minimum absolute atomic E-state index is 0.0572. The van der Waals surface area contributed by atoms with Crippen LogP contribution < -0.4 is 0 Å². The number of piperidine rings is 1. The van der Waals surface area contributed by atoms with Gasteiger partial charge in [0.05, 0.1) is 18.4 Å². The predicted octanol–water partition coefficient (Wildman–Crippen LogP) is 0.289. The van der Waals surface area contributed by atoms with Crippen molar-refractivity contribution in [2.45, 2.75) is 6.42 Å². The van der Waals surface area contributed by atoms with Crippen molar-refractivity contribution in [2.24, 2.45) is 18.4 Å². The Morgan fingerprint density at radius 3 is 2.78 bits per heavy atom. The highest BCUT2D eigenvalue weighted by Gasteiger charge is 2.52. The fourth-order valence-electron chi connectivity index (χ4n) is 4.51. The second-order valence-corrected chi connectivity index (χ2v) is 9.76. The Balaban J connectivity index is 1.63. The third-order valence-corrected chi connectivity index (χ3v) is 7.28. The van der Waals surface area contributed by atoms with E-state index < -0.39 is 15.4 Å². The summed E-state index contributed by atoms with van der Waals surface area (Å²) < 4.78 is 27.1. The third kappa shape index (κ3) is 2.94. The molecule has 146 valence electrons. The van der Waals surface area contributed by atoms with E-state index in [9.17, 15) is 18.3 Å². The summed E-state index contributed by atoms with van der Waals surface area (Å²) in [6, 6.07) is 7.58. The van der Waals surface area contributed by atoms with Gasteiger partial charge in [-0.1, -0.05) is 18.2 Å². The molecule has 1 aromatic heterocycles. The summed E-state index contributed by atoms with van der Waals surface area (Å²) in [7, 11) is -1.51. The van der Waals surface area contributed by atoms with Crippen molar-refractivity contribution < 1.29 is 18.3 Å². The van der Waals surface area contributed by atoms with E-state index in [0.29, 0.717) is 31.7 Å². The zero-order valence-corrected chi connectivity index (χ0v) is 16.3. The van der Waals surface area contributed by atoms with Crippen LogP contribution in [0.3, 0.4) is 0 Å². The van der Waals surface area contributed by atoms with Crippen LogP contribution in [0, 0.1) is 11.3 Å². The normalized spacial score (nSPS) is 26.5. The average Bonchev–Trinajstić information content (AvgIpc) is 3.20. The maximum Gasteiger partial charge on any atom is 0.275 e. The smallest absolute Gasteiger partial charge is 0.275 e. The number of aromatic nitrogens is 2. The van der Waals surface area contributed by atoms with Gasteiger partial charge >= 0.3 is 0 Å². The quantitative estimate of drug-likeness (QED) is 0.810. The minimum atomic E-state index is -3.32. The highest BCUT2D eigenvalue weighted by Crippen LogP contribution is 2.43. The van der Waals surface area contributed by atoms with E-state index in [1.54, 1.807) is 9.58 Å². The summed E-state index contributed by atoms with van der Waals surface area (Å²) >= 11 is 0. The Bertz CT molecular complexity index is 1000. The summed E-state index contributed by atoms with van der Waals surface area (Å²) in [6.07, 6.45) is 1.86. The SMILES string of the molecule is Cn1nc(C(=O)N2CC[C@@H]3CN(S(C)(=O)=O)C[C@]3(CO)C2)c2ccccc21. The number of nitrogens with zero attached hydrogens (tertiary/aromatic N) is 4. The van der Waals surface area contributed by atoms with Crippen LogP contribution in [0.1, 0.15) is 16.9 Å². The van der Waals surface area contributed by atoms with E-state index in [0.717, 1.165) is 10.9 Å². The number of fused-ring (bicyclic) bond motifs is 2. The first-order valence-electron chi connectivity index (χ1n) is 9.02. The molecule has 0 radical (unpaired) electrons. The number of rotatable bonds is 3. The summed E-state index contributed by atoms with van der Waals surface area (Å²) in [4.78, 5) is 14.9. The highest BCUT2D eigenvalue weighted by molar-refractivity contribution is 7.88. The zero-order valence-electron chi connectivity index (χ0n) is 15.5. The van der Waals surface area contributed by atoms with E-state index in [2.05, 4.69) is 5.10 Å². The second kappa shape index (κ2) is 6.29. The molecule has 1 amide bonds. The lowest BCUT2D eigenvalue weighted by Gasteiger charge is -2.42. The molecule has 9 heteroatoms. The molecule has 2 aromatic rings. The van der Waals surface area contributed by atoms with Crippen LogP contribution in [0.15, 0.2) is 24.3 Å². The number of hydrogen-bond acceptors (Lipinski definition) is 5. The summed E-state index contributed by atoms with van der Waals surface area (Å²) in [5, 5.41) is 15.3. The van der Waals surface area contributed by atoms with Gasteiger partial charge in [0.25, 0.3) is 5.91 Å². The van der Waals surface area contributed by atoms with Gasteiger partial charge in [-0.05, 0) is 18.4 Å². The van der Waals surface area contributed by atoms with E-state index in [1.807, 2.05) is 31.3 Å². The number of likely N-dealkylation sites (tertiary alicyclic amines) is 1. The van der Waals surface area contributed by atoms with Crippen LogP contribution in [-0.4, -0.2) is 77.5 Å². The molecule has 2 atom stereocenters. The largest absolute Gasteiger partial charge is 0.396 e. The molecule has 0 aliphatic carbocycles. The van der Waals surface area contributed by atoms with Gasteiger partial charge in [0, 0.05) is 44.0 Å². The van der Waals surface area contributed by atoms with Crippen LogP contribution in [0.5, 0.6) is 0 Å². The molecule has 0 bridgehead atoms. The van der Waals surface area contributed by atoms with Crippen molar-refractivity contribution >= 4 is 26.8 Å². The van der Waals surface area contributed by atoms with Gasteiger partial charge in [-0.3, -0.25) is 9.48 Å². The number of para-hydroxylation sites is 1. The van der Waals surface area contributed by atoms with Gasteiger partial charge in [0.1, 0.15) is 0 Å². The maximum atomic E-state index is 13.2. The third-order valence-electron chi connectivity index (χ3n) is 6.07. The van der Waals surface area contributed by atoms with Gasteiger partial charge in [0.15, 0.2) is 5.69 Å². The predicted molar refractivity (Wildman–Crippen MR) is 101 cm³/mol. The number of carbonyl (C=O) groups excluding carboxylic acids is 1. The molecule has 1 aromatic carbocycles. The van der Waals surface area contributed by atoms with Gasteiger partial charge in [-0.25, -0.2) is 12.7 Å². The molecule has 8 nitrogen and oxygen atoms in total. The van der Waals surface area contributed by atoms with Crippen molar-refractivity contribution in [1.29, 1.82) is 0 Å². The first kappa shape index (κ1) is 18.4. The first-order valence-corrected chi connectivity index (χ1v) is 10.9. The average molecular weight is 392 g/mol. The molecule has 0 spiro atoms. The van der Waals surface area contributed by atoms with Gasteiger partial charge in [-0.2, -0.15) is 5.10 Å². The molecular weight excluding hydrogens is 368 g/mol. The summed E-state index contributed by atoms with van der Waals surface area (Å²) in [5.74, 6) is -0.113. The Labute approximate surface area is 158 Å². The van der Waals surface area contributed by atoms with Crippen LogP contribution in [0.4, 0.5) is 0 Å². The maximum absolute atomic E-state index is 13.2. The van der Waals surface area contributed by atoms with Crippen LogP contribution in [0.2, 0.25) is 0 Å². The number of aryl methyl sites for hydroxylation is 1. The lowest BCUT2D eigenvalue weighted by Crippen LogP contribution is -2.52. The molecule has 1 N–H and O–H groups in total. The topological polar surface area (TPSA) is 95.7 Å². The van der Waals surface area contributed by atoms with Gasteiger partial charge in [0.2, 0.25) is 10.0 Å². The number of sulfonamides is 1. The second-order valence-electron chi connectivity index (χ2n) is 7.78. The fraction of sp³-hybridized carbons (Fsp3) is 0.556. The summed E-state index contributed by atoms with van der Waals surface area (Å²) in [5.41, 5.74) is 0.677. The lowest BCUT2D eigenvalue weighted by molar-refractivity contribution is 0.0127. The zero-order chi connectivity index (χ0) is 19.4. The number of benzene rings is 1. The van der Waals surface area contributed by atoms with E-state index in [1.165, 1.54) is 10.6 Å². The first-order chi connectivity index (χ1) is 12.7. The van der Waals surface area contributed by atoms with Crippen molar-refractivity contribution in [3.8, 4) is 0 Å². The Hall–Kier alpha value is -1.97. The molecule has 2 aliphatic rings. The highest BCUT2D eigenvalue weighted by atomic mass is 32.2. The molecule has 3 heterocycles. The number of carbonyl (C=O) groups is 1. The van der Waals surface area contributed by atoms with Crippen molar-refractivity contribution in [1.82, 2.24) is 19.0 Å². The Kier molecular flexibility index (Phi) is 4.28. The number of aliphatic hydroxyl groups excluding tert-OH is 1. The molecule has 4 rings (SSSR count). The summed E-state index contributed by atoms with van der Waals surface area (Å²) in [6.45, 7) is 1.39. The van der Waals surface area contributed by atoms with E-state index >= 15 is 0 Å². The molecule has 2 fully saturated rings. The van der Waals surface area contributed by atoms with Crippen LogP contribution in [-0.2, 0) is 17.1 Å². The van der Waals surface area contributed by atoms with E-state index in [-0.39, 0.29) is 25.0 Å². The monoisotopic (exact) mass is 392 g/mol. The molecule has 2 aliphatic heterocycles. The molecule has 2 saturated heterocycles. The number of hydrogen-bond donors (Lipinski definition) is 1. The van der Waals surface area contributed by atoms with E-state index in [4.69, 9.17) is 0 Å². The number of aliphatic hydroxyl groups is 1. The van der Waals surface area contributed by atoms with Crippen molar-refractivity contribution in [2.75, 3.05) is 39.0 Å². The van der Waals surface area contributed by atoms with Gasteiger partial charge < -0.3 is 10.0 Å². The Morgan fingerprint density at radius 1 is 1.33 bits per heavy atom. The standard InChI is InChI=1S/C18H24N4O4S/c1-20-15-6-4-3-5-14(15)16(19-20)17(24)21-8-7-13-9-22(27(2,25)26)11-18(13,10-21)12-23/h3-6,13,23H,7-12H2,1-2H3/t13-,18+/m1/s1. The molecule has 0 unspecified atom stereocenters. The minimum Gasteiger partial charge on any atom is -0.396 e. The lowest BCUT2D eigenvalue weighted by atomic mass is 9.74.